The average Bonchev–Trinajstić information content (AvgIpc) is 2.55. The van der Waals surface area contributed by atoms with Gasteiger partial charge in [-0.3, -0.25) is 9.79 Å². The van der Waals surface area contributed by atoms with Crippen molar-refractivity contribution in [1.29, 1.82) is 0 Å². The molecule has 3 N–H and O–H groups in total. The molecule has 0 saturated carbocycles. The maximum Gasteiger partial charge on any atom is 0.225 e. The van der Waals surface area contributed by atoms with Crippen molar-refractivity contribution in [2.75, 3.05) is 26.2 Å². The first-order valence-corrected chi connectivity index (χ1v) is 9.11. The number of hydrogen-bond donors (Lipinski definition) is 3. The number of nitrogens with one attached hydrogen (secondary N) is 3. The van der Waals surface area contributed by atoms with Crippen molar-refractivity contribution >= 4 is 11.9 Å². The summed E-state index contributed by atoms with van der Waals surface area (Å²) >= 11 is 0. The minimum atomic E-state index is -0.359. The fraction of sp³-hybridized carbons (Fsp3) is 0.600. The van der Waals surface area contributed by atoms with Gasteiger partial charge in [-0.25, -0.2) is 0 Å². The second-order valence-electron chi connectivity index (χ2n) is 7.46. The van der Waals surface area contributed by atoms with Gasteiger partial charge in [0.1, 0.15) is 0 Å². The van der Waals surface area contributed by atoms with Gasteiger partial charge < -0.3 is 16.0 Å². The van der Waals surface area contributed by atoms with Gasteiger partial charge >= 0.3 is 0 Å². The van der Waals surface area contributed by atoms with E-state index < -0.39 is 0 Å². The van der Waals surface area contributed by atoms with E-state index in [0.717, 1.165) is 12.5 Å². The van der Waals surface area contributed by atoms with E-state index in [2.05, 4.69) is 59.1 Å². The fourth-order valence-electron chi connectivity index (χ4n) is 2.19. The number of carbonyl (C=O) groups is 1. The smallest absolute Gasteiger partial charge is 0.225 e. The molecule has 0 saturated heterocycles. The Kier molecular flexibility index (Phi) is 8.46. The molecule has 0 fully saturated rings. The third-order valence-electron chi connectivity index (χ3n) is 3.90. The predicted octanol–water partition coefficient (Wildman–Crippen LogP) is 2.82. The fourth-order valence-corrected chi connectivity index (χ4v) is 2.19. The van der Waals surface area contributed by atoms with Gasteiger partial charge in [0, 0.05) is 37.5 Å². The Morgan fingerprint density at radius 3 is 2.24 bits per heavy atom. The van der Waals surface area contributed by atoms with E-state index in [1.165, 1.54) is 11.1 Å². The molecule has 25 heavy (non-hydrogen) atoms. The minimum absolute atomic E-state index is 0.0595. The Labute approximate surface area is 152 Å². The van der Waals surface area contributed by atoms with Crippen LogP contribution in [-0.4, -0.2) is 38.0 Å². The van der Waals surface area contributed by atoms with Crippen molar-refractivity contribution < 1.29 is 4.79 Å². The lowest BCUT2D eigenvalue weighted by Gasteiger charge is -2.18. The number of benzene rings is 1. The van der Waals surface area contributed by atoms with Gasteiger partial charge in [0.05, 0.1) is 0 Å². The number of aryl methyl sites for hydroxylation is 1. The second kappa shape index (κ2) is 10.1. The number of nitrogens with zero attached hydrogens (tertiary/aromatic N) is 1. The average molecular weight is 347 g/mol. The first kappa shape index (κ1) is 21.0. The Bertz CT molecular complexity index is 558. The van der Waals surface area contributed by atoms with Crippen LogP contribution >= 0.6 is 0 Å². The van der Waals surface area contributed by atoms with Crippen molar-refractivity contribution in [2.45, 2.75) is 47.5 Å². The number of guanidine groups is 1. The van der Waals surface area contributed by atoms with Crippen LogP contribution in [0.15, 0.2) is 29.3 Å². The first-order chi connectivity index (χ1) is 11.7. The van der Waals surface area contributed by atoms with Crippen LogP contribution in [0.2, 0.25) is 0 Å². The van der Waals surface area contributed by atoms with E-state index >= 15 is 0 Å². The summed E-state index contributed by atoms with van der Waals surface area (Å²) in [6, 6.07) is 8.60. The van der Waals surface area contributed by atoms with Crippen molar-refractivity contribution in [2.24, 2.45) is 10.4 Å². The molecule has 0 heterocycles. The Morgan fingerprint density at radius 1 is 1.08 bits per heavy atom. The highest BCUT2D eigenvalue weighted by Gasteiger charge is 2.20. The molecule has 1 aromatic rings. The summed E-state index contributed by atoms with van der Waals surface area (Å²) in [7, 11) is 0. The summed E-state index contributed by atoms with van der Waals surface area (Å²) in [5.41, 5.74) is 2.21. The van der Waals surface area contributed by atoms with E-state index in [1.807, 2.05) is 27.7 Å². The molecular weight excluding hydrogens is 312 g/mol. The van der Waals surface area contributed by atoms with Gasteiger partial charge in [0.15, 0.2) is 5.96 Å². The van der Waals surface area contributed by atoms with Crippen molar-refractivity contribution in [3.63, 3.8) is 0 Å². The number of rotatable bonds is 7. The second-order valence-corrected chi connectivity index (χ2v) is 7.46. The molecule has 0 bridgehead atoms. The summed E-state index contributed by atoms with van der Waals surface area (Å²) in [4.78, 5) is 16.5. The van der Waals surface area contributed by atoms with Gasteiger partial charge in [-0.2, -0.15) is 0 Å². The highest BCUT2D eigenvalue weighted by molar-refractivity contribution is 5.81. The summed E-state index contributed by atoms with van der Waals surface area (Å²) in [6.45, 7) is 14.8. The van der Waals surface area contributed by atoms with E-state index in [9.17, 15) is 4.79 Å². The first-order valence-electron chi connectivity index (χ1n) is 9.11. The monoisotopic (exact) mass is 346 g/mol. The predicted molar refractivity (Wildman–Crippen MR) is 106 cm³/mol. The Balaban J connectivity index is 2.48. The van der Waals surface area contributed by atoms with Gasteiger partial charge in [-0.05, 0) is 19.4 Å². The summed E-state index contributed by atoms with van der Waals surface area (Å²) in [6.07, 6.45) is 0. The SMILES string of the molecule is CCNC(=NCC(C)c1ccc(C)cc1)NCCNC(=O)C(C)(C)C. The molecule has 1 amide bonds. The lowest BCUT2D eigenvalue weighted by atomic mass is 9.96. The molecule has 1 aromatic carbocycles. The van der Waals surface area contributed by atoms with Crippen molar-refractivity contribution in [3.05, 3.63) is 35.4 Å². The zero-order chi connectivity index (χ0) is 18.9. The minimum Gasteiger partial charge on any atom is -0.357 e. The molecule has 1 unspecified atom stereocenters. The summed E-state index contributed by atoms with van der Waals surface area (Å²) in [5.74, 6) is 1.20. The van der Waals surface area contributed by atoms with Crippen molar-refractivity contribution in [1.82, 2.24) is 16.0 Å². The number of hydrogen-bond acceptors (Lipinski definition) is 2. The highest BCUT2D eigenvalue weighted by atomic mass is 16.2. The van der Waals surface area contributed by atoms with Crippen molar-refractivity contribution in [3.8, 4) is 0 Å². The van der Waals surface area contributed by atoms with Crippen LogP contribution in [0.4, 0.5) is 0 Å². The molecule has 0 spiro atoms. The molecule has 0 aliphatic carbocycles. The third kappa shape index (κ3) is 8.05. The Hall–Kier alpha value is -2.04. The van der Waals surface area contributed by atoms with Crippen LogP contribution in [0.5, 0.6) is 0 Å². The maximum atomic E-state index is 11.8. The Morgan fingerprint density at radius 2 is 1.68 bits per heavy atom. The molecule has 0 aliphatic rings. The number of carbonyl (C=O) groups excluding carboxylic acids is 1. The zero-order valence-electron chi connectivity index (χ0n) is 16.6. The van der Waals surface area contributed by atoms with Gasteiger partial charge in [-0.15, -0.1) is 0 Å². The van der Waals surface area contributed by atoms with E-state index in [0.29, 0.717) is 25.6 Å². The van der Waals surface area contributed by atoms with E-state index in [-0.39, 0.29) is 11.3 Å². The van der Waals surface area contributed by atoms with E-state index in [4.69, 9.17) is 0 Å². The molecule has 1 atom stereocenters. The molecule has 1 rings (SSSR count). The van der Waals surface area contributed by atoms with Crippen LogP contribution in [0.25, 0.3) is 0 Å². The molecule has 0 aromatic heterocycles. The van der Waals surface area contributed by atoms with Gasteiger partial charge in [-0.1, -0.05) is 57.5 Å². The van der Waals surface area contributed by atoms with Gasteiger partial charge in [0.25, 0.3) is 0 Å². The van der Waals surface area contributed by atoms with Crippen LogP contribution < -0.4 is 16.0 Å². The largest absolute Gasteiger partial charge is 0.357 e. The zero-order valence-corrected chi connectivity index (χ0v) is 16.6. The molecule has 140 valence electrons. The van der Waals surface area contributed by atoms with E-state index in [1.54, 1.807) is 0 Å². The van der Waals surface area contributed by atoms with Crippen LogP contribution in [0, 0.1) is 12.3 Å². The molecular formula is C20H34N4O. The lowest BCUT2D eigenvalue weighted by Crippen LogP contribution is -2.43. The third-order valence-corrected chi connectivity index (χ3v) is 3.90. The van der Waals surface area contributed by atoms with Crippen LogP contribution in [0.3, 0.4) is 0 Å². The van der Waals surface area contributed by atoms with Crippen LogP contribution in [0.1, 0.15) is 51.7 Å². The molecule has 5 nitrogen and oxygen atoms in total. The van der Waals surface area contributed by atoms with Gasteiger partial charge in [0.2, 0.25) is 5.91 Å². The summed E-state index contributed by atoms with van der Waals surface area (Å²) < 4.78 is 0. The molecule has 5 heteroatoms. The molecule has 0 aliphatic heterocycles. The number of aliphatic imine (C=N–C) groups is 1. The summed E-state index contributed by atoms with van der Waals surface area (Å²) in [5, 5.41) is 9.44. The normalized spacial score (nSPS) is 13.3. The topological polar surface area (TPSA) is 65.5 Å². The quantitative estimate of drug-likeness (QED) is 0.404. The van der Waals surface area contributed by atoms with Crippen LogP contribution in [-0.2, 0) is 4.79 Å². The maximum absolute atomic E-state index is 11.8. The number of amides is 1. The lowest BCUT2D eigenvalue weighted by molar-refractivity contribution is -0.128. The highest BCUT2D eigenvalue weighted by Crippen LogP contribution is 2.16. The molecule has 0 radical (unpaired) electrons. The standard InChI is InChI=1S/C20H34N4O/c1-7-21-19(23-13-12-22-18(25)20(4,5)6)24-14-16(3)17-10-8-15(2)9-11-17/h8-11,16H,7,12-14H2,1-6H3,(H,22,25)(H2,21,23,24).